The van der Waals surface area contributed by atoms with Gasteiger partial charge in [-0.1, -0.05) is 36.3 Å². The summed E-state index contributed by atoms with van der Waals surface area (Å²) in [6, 6.07) is 8.15. The second kappa shape index (κ2) is 5.17. The van der Waals surface area contributed by atoms with Crippen LogP contribution in [-0.4, -0.2) is 10.5 Å². The largest absolute Gasteiger partial charge is 0.318 e. The van der Waals surface area contributed by atoms with Gasteiger partial charge in [-0.25, -0.2) is 5.43 Å². The van der Waals surface area contributed by atoms with Gasteiger partial charge in [-0.05, 0) is 25.0 Å². The first kappa shape index (κ1) is 12.4. The molecule has 2 aromatic rings. The Morgan fingerprint density at radius 1 is 1.37 bits per heavy atom. The van der Waals surface area contributed by atoms with Crippen LogP contribution in [0.25, 0.3) is 10.2 Å². The molecule has 1 amide bonds. The number of fused-ring (bicyclic) bond motifs is 1. The van der Waals surface area contributed by atoms with Gasteiger partial charge in [0.05, 0.1) is 10.2 Å². The number of hydrogen-bond acceptors (Lipinski definition) is 3. The number of para-hydroxylation sites is 1. The lowest BCUT2D eigenvalue weighted by Gasteiger charge is -2.05. The molecule has 0 saturated heterocycles. The van der Waals surface area contributed by atoms with Gasteiger partial charge in [-0.2, -0.15) is 0 Å². The highest BCUT2D eigenvalue weighted by molar-refractivity contribution is 7.16. The van der Waals surface area contributed by atoms with Crippen LogP contribution in [0.5, 0.6) is 0 Å². The molecule has 1 heterocycles. The van der Waals surface area contributed by atoms with Crippen molar-refractivity contribution in [2.75, 3.05) is 0 Å². The summed E-state index contributed by atoms with van der Waals surface area (Å²) in [6.45, 7) is 0. The summed E-state index contributed by atoms with van der Waals surface area (Å²) in [6.07, 6.45) is 4.32. The topological polar surface area (TPSA) is 46.4 Å². The average Bonchev–Trinajstić information content (AvgIpc) is 3.05. The van der Waals surface area contributed by atoms with Gasteiger partial charge in [0.25, 0.3) is 0 Å². The van der Waals surface area contributed by atoms with Gasteiger partial charge in [0.15, 0.2) is 0 Å². The van der Waals surface area contributed by atoms with Gasteiger partial charge in [-0.15, -0.1) is 5.10 Å². The van der Waals surface area contributed by atoms with Crippen LogP contribution in [0.4, 0.5) is 0 Å². The number of nitrogens with zero attached hydrogens (tertiary/aromatic N) is 2. The lowest BCUT2D eigenvalue weighted by atomic mass is 10.1. The molecule has 1 aromatic heterocycles. The first-order valence-corrected chi connectivity index (χ1v) is 7.45. The molecule has 5 heteroatoms. The maximum Gasteiger partial charge on any atom is 0.243 e. The maximum absolute atomic E-state index is 11.9. The van der Waals surface area contributed by atoms with Crippen molar-refractivity contribution in [2.45, 2.75) is 25.7 Å². The van der Waals surface area contributed by atoms with E-state index in [1.165, 1.54) is 4.70 Å². The van der Waals surface area contributed by atoms with E-state index in [2.05, 4.69) is 22.7 Å². The van der Waals surface area contributed by atoms with E-state index in [0.717, 1.165) is 36.0 Å². The van der Waals surface area contributed by atoms with E-state index in [1.54, 1.807) is 11.3 Å². The zero-order chi connectivity index (χ0) is 13.2. The average molecular weight is 275 g/mol. The highest BCUT2D eigenvalue weighted by Gasteiger charge is 2.22. The summed E-state index contributed by atoms with van der Waals surface area (Å²) >= 11 is 1.59. The van der Waals surface area contributed by atoms with E-state index in [4.69, 9.17) is 0 Å². The summed E-state index contributed by atoms with van der Waals surface area (Å²) in [5, 5.41) is 4.27. The van der Waals surface area contributed by atoms with Gasteiger partial charge in [0.2, 0.25) is 10.7 Å². The molecule has 1 N–H and O–H groups in total. The number of benzene rings is 1. The number of hydrogen-bond donors (Lipinski definition) is 1. The lowest BCUT2D eigenvalue weighted by Crippen LogP contribution is -2.28. The third-order valence-electron chi connectivity index (χ3n) is 3.70. The fourth-order valence-corrected chi connectivity index (χ4v) is 3.55. The number of nitrogens with one attached hydrogen (secondary N) is 1. The third kappa shape index (κ3) is 2.42. The van der Waals surface area contributed by atoms with Crippen LogP contribution < -0.4 is 10.2 Å². The predicted molar refractivity (Wildman–Crippen MR) is 76.5 cm³/mol. The minimum atomic E-state index is 0.0648. The van der Waals surface area contributed by atoms with Crippen molar-refractivity contribution >= 4 is 27.5 Å². The molecule has 0 radical (unpaired) electrons. The monoisotopic (exact) mass is 275 g/mol. The van der Waals surface area contributed by atoms with E-state index < -0.39 is 0 Å². The normalized spacial score (nSPS) is 17.2. The molecule has 1 aliphatic rings. The molecule has 0 spiro atoms. The fourth-order valence-electron chi connectivity index (χ4n) is 2.57. The van der Waals surface area contributed by atoms with Crippen molar-refractivity contribution < 1.29 is 4.79 Å². The van der Waals surface area contributed by atoms with Gasteiger partial charge >= 0.3 is 0 Å². The number of thiazole rings is 1. The molecule has 0 atom stereocenters. The SMILES string of the molecule is Cn1/c(=N\NC(=O)C2CCCC2)sc2ccccc21. The molecule has 4 nitrogen and oxygen atoms in total. The second-order valence-electron chi connectivity index (χ2n) is 4.98. The fraction of sp³-hybridized carbons (Fsp3) is 0.429. The Labute approximate surface area is 115 Å². The number of rotatable bonds is 2. The minimum Gasteiger partial charge on any atom is -0.318 e. The van der Waals surface area contributed by atoms with E-state index >= 15 is 0 Å². The van der Waals surface area contributed by atoms with Crippen LogP contribution in [0.2, 0.25) is 0 Å². The Hall–Kier alpha value is -1.62. The summed E-state index contributed by atoms with van der Waals surface area (Å²) in [5.41, 5.74) is 3.86. The number of carbonyl (C=O) groups is 1. The molecule has 1 saturated carbocycles. The highest BCUT2D eigenvalue weighted by atomic mass is 32.1. The van der Waals surface area contributed by atoms with Crippen molar-refractivity contribution in [2.24, 2.45) is 18.1 Å². The molecule has 1 fully saturated rings. The van der Waals surface area contributed by atoms with E-state index in [1.807, 2.05) is 23.7 Å². The number of aryl methyl sites for hydroxylation is 1. The number of aromatic nitrogens is 1. The standard InChI is InChI=1S/C14H17N3OS/c1-17-11-8-4-5-9-12(11)19-14(17)16-15-13(18)10-6-2-3-7-10/h4-5,8-10H,2-3,6-7H2,1H3,(H,15,18)/b16-14+. The molecular weight excluding hydrogens is 258 g/mol. The van der Waals surface area contributed by atoms with Crippen molar-refractivity contribution in [3.05, 3.63) is 29.1 Å². The molecule has 1 aliphatic carbocycles. The minimum absolute atomic E-state index is 0.0648. The first-order chi connectivity index (χ1) is 9.25. The van der Waals surface area contributed by atoms with Crippen LogP contribution in [0, 0.1) is 5.92 Å². The molecule has 3 rings (SSSR count). The Bertz CT molecular complexity index is 665. The van der Waals surface area contributed by atoms with Gasteiger partial charge in [0.1, 0.15) is 0 Å². The second-order valence-corrected chi connectivity index (χ2v) is 5.99. The predicted octanol–water partition coefficient (Wildman–Crippen LogP) is 2.36. The van der Waals surface area contributed by atoms with Gasteiger partial charge in [-0.3, -0.25) is 4.79 Å². The zero-order valence-electron chi connectivity index (χ0n) is 10.9. The summed E-state index contributed by atoms with van der Waals surface area (Å²) in [4.78, 5) is 12.8. The van der Waals surface area contributed by atoms with Crippen LogP contribution in [0.3, 0.4) is 0 Å². The van der Waals surface area contributed by atoms with Crippen LogP contribution in [0.1, 0.15) is 25.7 Å². The molecule has 0 unspecified atom stereocenters. The molecule has 1 aromatic carbocycles. The Morgan fingerprint density at radius 2 is 2.11 bits per heavy atom. The molecule has 0 aliphatic heterocycles. The summed E-state index contributed by atoms with van der Waals surface area (Å²) in [5.74, 6) is 0.221. The van der Waals surface area contributed by atoms with Gasteiger partial charge < -0.3 is 4.57 Å². The molecule has 100 valence electrons. The maximum atomic E-state index is 11.9. The van der Waals surface area contributed by atoms with Crippen LogP contribution in [0.15, 0.2) is 29.4 Å². The Morgan fingerprint density at radius 3 is 2.84 bits per heavy atom. The van der Waals surface area contributed by atoms with Crippen molar-refractivity contribution in [1.82, 2.24) is 9.99 Å². The molecular formula is C14H17N3OS. The first-order valence-electron chi connectivity index (χ1n) is 6.64. The van der Waals surface area contributed by atoms with Crippen molar-refractivity contribution in [3.8, 4) is 0 Å². The summed E-state index contributed by atoms with van der Waals surface area (Å²) in [7, 11) is 1.97. The third-order valence-corrected chi connectivity index (χ3v) is 4.82. The van der Waals surface area contributed by atoms with Crippen LogP contribution >= 0.6 is 11.3 Å². The van der Waals surface area contributed by atoms with E-state index in [0.29, 0.717) is 0 Å². The Kier molecular flexibility index (Phi) is 3.38. The Balaban J connectivity index is 1.85. The zero-order valence-corrected chi connectivity index (χ0v) is 11.7. The number of amides is 1. The van der Waals surface area contributed by atoms with Crippen molar-refractivity contribution in [1.29, 1.82) is 0 Å². The lowest BCUT2D eigenvalue weighted by molar-refractivity contribution is -0.124. The van der Waals surface area contributed by atoms with Crippen molar-refractivity contribution in [3.63, 3.8) is 0 Å². The molecule has 0 bridgehead atoms. The van der Waals surface area contributed by atoms with Gasteiger partial charge in [0, 0.05) is 13.0 Å². The smallest absolute Gasteiger partial charge is 0.243 e. The molecule has 19 heavy (non-hydrogen) atoms. The summed E-state index contributed by atoms with van der Waals surface area (Å²) < 4.78 is 3.19. The van der Waals surface area contributed by atoms with Crippen LogP contribution in [-0.2, 0) is 11.8 Å². The highest BCUT2D eigenvalue weighted by Crippen LogP contribution is 2.24. The van der Waals surface area contributed by atoms with E-state index in [9.17, 15) is 4.79 Å². The number of carbonyl (C=O) groups excluding carboxylic acids is 1. The quantitative estimate of drug-likeness (QED) is 0.840. The van der Waals surface area contributed by atoms with E-state index in [-0.39, 0.29) is 11.8 Å².